The van der Waals surface area contributed by atoms with E-state index in [0.717, 1.165) is 18.8 Å². The molecule has 1 N–H and O–H groups in total. The molecule has 2 fully saturated rings. The van der Waals surface area contributed by atoms with Gasteiger partial charge in [0.2, 0.25) is 5.89 Å². The van der Waals surface area contributed by atoms with E-state index in [1.807, 2.05) is 0 Å². The lowest BCUT2D eigenvalue weighted by atomic mass is 10.1. The minimum atomic E-state index is 0.226. The lowest BCUT2D eigenvalue weighted by molar-refractivity contribution is 0.107. The first-order chi connectivity index (χ1) is 8.86. The molecule has 1 saturated carbocycles. The monoisotopic (exact) mass is 251 g/mol. The van der Waals surface area contributed by atoms with Gasteiger partial charge in [-0.15, -0.1) is 0 Å². The van der Waals surface area contributed by atoms with Gasteiger partial charge in [0.05, 0.1) is 13.2 Å². The minimum absolute atomic E-state index is 0.226. The van der Waals surface area contributed by atoms with Gasteiger partial charge in [0.15, 0.2) is 5.82 Å². The summed E-state index contributed by atoms with van der Waals surface area (Å²) in [5, 5.41) is 13.5. The zero-order valence-electron chi connectivity index (χ0n) is 10.7. The maximum Gasteiger partial charge on any atom is 0.240 e. The van der Waals surface area contributed by atoms with E-state index in [1.165, 1.54) is 32.1 Å². The SMILES string of the molecule is OCC1CCCCCN1Cc1nc(C2CC2)no1. The van der Waals surface area contributed by atoms with E-state index < -0.39 is 0 Å². The van der Waals surface area contributed by atoms with Gasteiger partial charge in [-0.25, -0.2) is 0 Å². The van der Waals surface area contributed by atoms with Crippen molar-refractivity contribution in [3.63, 3.8) is 0 Å². The largest absolute Gasteiger partial charge is 0.395 e. The summed E-state index contributed by atoms with van der Waals surface area (Å²) in [6.07, 6.45) is 7.12. The molecule has 1 unspecified atom stereocenters. The van der Waals surface area contributed by atoms with Gasteiger partial charge in [-0.05, 0) is 32.2 Å². The van der Waals surface area contributed by atoms with Crippen LogP contribution in [0.25, 0.3) is 0 Å². The lowest BCUT2D eigenvalue weighted by Crippen LogP contribution is -2.37. The summed E-state index contributed by atoms with van der Waals surface area (Å²) in [6.45, 7) is 1.93. The quantitative estimate of drug-likeness (QED) is 0.882. The van der Waals surface area contributed by atoms with Gasteiger partial charge >= 0.3 is 0 Å². The third-order valence-electron chi connectivity index (χ3n) is 3.97. The second-order valence-electron chi connectivity index (χ2n) is 5.48. The van der Waals surface area contributed by atoms with E-state index in [4.69, 9.17) is 4.52 Å². The van der Waals surface area contributed by atoms with Crippen molar-refractivity contribution >= 4 is 0 Å². The molecule has 1 aromatic heterocycles. The summed E-state index contributed by atoms with van der Waals surface area (Å²) < 4.78 is 5.32. The summed E-state index contributed by atoms with van der Waals surface area (Å²) in [7, 11) is 0. The highest BCUT2D eigenvalue weighted by atomic mass is 16.5. The van der Waals surface area contributed by atoms with Gasteiger partial charge in [-0.1, -0.05) is 18.0 Å². The molecule has 0 spiro atoms. The van der Waals surface area contributed by atoms with Gasteiger partial charge in [0.25, 0.3) is 0 Å². The van der Waals surface area contributed by atoms with Crippen molar-refractivity contribution in [1.29, 1.82) is 0 Å². The van der Waals surface area contributed by atoms with E-state index in [-0.39, 0.29) is 12.6 Å². The van der Waals surface area contributed by atoms with Crippen LogP contribution in [0.2, 0.25) is 0 Å². The number of hydrogen-bond donors (Lipinski definition) is 1. The molecule has 5 nitrogen and oxygen atoms in total. The van der Waals surface area contributed by atoms with E-state index >= 15 is 0 Å². The Labute approximate surface area is 107 Å². The van der Waals surface area contributed by atoms with E-state index in [1.54, 1.807) is 0 Å². The summed E-state index contributed by atoms with van der Waals surface area (Å²) in [6, 6.07) is 0.253. The molecule has 1 saturated heterocycles. The Hall–Kier alpha value is -0.940. The topological polar surface area (TPSA) is 62.4 Å². The molecule has 2 aliphatic rings. The highest BCUT2D eigenvalue weighted by Gasteiger charge is 2.29. The lowest BCUT2D eigenvalue weighted by Gasteiger charge is -2.26. The Morgan fingerprint density at radius 1 is 1.22 bits per heavy atom. The average molecular weight is 251 g/mol. The summed E-state index contributed by atoms with van der Waals surface area (Å²) in [4.78, 5) is 6.75. The molecule has 1 aliphatic carbocycles. The first kappa shape index (κ1) is 12.1. The van der Waals surface area contributed by atoms with Crippen LogP contribution in [0.3, 0.4) is 0 Å². The van der Waals surface area contributed by atoms with Crippen LogP contribution < -0.4 is 0 Å². The smallest absolute Gasteiger partial charge is 0.240 e. The molecule has 18 heavy (non-hydrogen) atoms. The van der Waals surface area contributed by atoms with Gasteiger partial charge < -0.3 is 9.63 Å². The third kappa shape index (κ3) is 2.72. The van der Waals surface area contributed by atoms with E-state index in [9.17, 15) is 5.11 Å². The van der Waals surface area contributed by atoms with Crippen LogP contribution in [-0.4, -0.2) is 39.3 Å². The van der Waals surface area contributed by atoms with Crippen molar-refractivity contribution in [3.05, 3.63) is 11.7 Å². The molecule has 1 aromatic rings. The minimum Gasteiger partial charge on any atom is -0.395 e. The second-order valence-corrected chi connectivity index (χ2v) is 5.48. The maximum atomic E-state index is 9.46. The highest BCUT2D eigenvalue weighted by Crippen LogP contribution is 2.38. The fourth-order valence-corrected chi connectivity index (χ4v) is 2.67. The Morgan fingerprint density at radius 3 is 2.89 bits per heavy atom. The van der Waals surface area contributed by atoms with Crippen molar-refractivity contribution in [1.82, 2.24) is 15.0 Å². The van der Waals surface area contributed by atoms with Crippen molar-refractivity contribution < 1.29 is 9.63 Å². The number of hydrogen-bond acceptors (Lipinski definition) is 5. The molecule has 100 valence electrons. The predicted octanol–water partition coefficient (Wildman–Crippen LogP) is 1.68. The molecule has 0 radical (unpaired) electrons. The Bertz CT molecular complexity index is 389. The molecule has 1 aliphatic heterocycles. The molecule has 3 rings (SSSR count). The standard InChI is InChI=1S/C13H21N3O2/c17-9-11-4-2-1-3-7-16(11)8-12-14-13(15-18-12)10-5-6-10/h10-11,17H,1-9H2. The zero-order valence-corrected chi connectivity index (χ0v) is 10.7. The van der Waals surface area contributed by atoms with Crippen molar-refractivity contribution in [2.24, 2.45) is 0 Å². The fourth-order valence-electron chi connectivity index (χ4n) is 2.67. The molecule has 0 amide bonds. The van der Waals surface area contributed by atoms with Crippen LogP contribution >= 0.6 is 0 Å². The predicted molar refractivity (Wildman–Crippen MR) is 66.0 cm³/mol. The molecule has 0 aromatic carbocycles. The number of nitrogens with zero attached hydrogens (tertiary/aromatic N) is 3. The number of aliphatic hydroxyl groups is 1. The van der Waals surface area contributed by atoms with Gasteiger partial charge in [-0.2, -0.15) is 4.98 Å². The molecular weight excluding hydrogens is 230 g/mol. The second kappa shape index (κ2) is 5.36. The van der Waals surface area contributed by atoms with E-state index in [2.05, 4.69) is 15.0 Å². The van der Waals surface area contributed by atoms with Gasteiger partial charge in [0, 0.05) is 12.0 Å². The summed E-state index contributed by atoms with van der Waals surface area (Å²) in [5.41, 5.74) is 0. The third-order valence-corrected chi connectivity index (χ3v) is 3.97. The Balaban J connectivity index is 1.64. The van der Waals surface area contributed by atoms with Crippen LogP contribution in [0.1, 0.15) is 56.2 Å². The van der Waals surface area contributed by atoms with Crippen LogP contribution in [0, 0.1) is 0 Å². The number of rotatable bonds is 4. The van der Waals surface area contributed by atoms with Crippen molar-refractivity contribution in [2.45, 2.75) is 57.0 Å². The summed E-state index contributed by atoms with van der Waals surface area (Å²) in [5.74, 6) is 2.12. The van der Waals surface area contributed by atoms with Crippen LogP contribution in [0.15, 0.2) is 4.52 Å². The first-order valence-electron chi connectivity index (χ1n) is 7.04. The van der Waals surface area contributed by atoms with E-state index in [0.29, 0.717) is 18.4 Å². The average Bonchev–Trinajstić information content (AvgIpc) is 3.16. The normalized spacial score (nSPS) is 26.2. The molecule has 0 bridgehead atoms. The zero-order chi connectivity index (χ0) is 12.4. The van der Waals surface area contributed by atoms with Gasteiger partial charge in [0.1, 0.15) is 0 Å². The van der Waals surface area contributed by atoms with Crippen LogP contribution in [0.5, 0.6) is 0 Å². The number of aliphatic hydroxyl groups excluding tert-OH is 1. The van der Waals surface area contributed by atoms with Crippen LogP contribution in [-0.2, 0) is 6.54 Å². The fraction of sp³-hybridized carbons (Fsp3) is 0.846. The Kier molecular flexibility index (Phi) is 3.61. The number of likely N-dealkylation sites (tertiary alicyclic amines) is 1. The molecule has 1 atom stereocenters. The summed E-state index contributed by atoms with van der Waals surface area (Å²) >= 11 is 0. The van der Waals surface area contributed by atoms with Crippen molar-refractivity contribution in [3.8, 4) is 0 Å². The number of aromatic nitrogens is 2. The molecule has 2 heterocycles. The van der Waals surface area contributed by atoms with Crippen LogP contribution in [0.4, 0.5) is 0 Å². The molecule has 5 heteroatoms. The van der Waals surface area contributed by atoms with Gasteiger partial charge in [-0.3, -0.25) is 4.90 Å². The van der Waals surface area contributed by atoms with Crippen molar-refractivity contribution in [2.75, 3.05) is 13.2 Å². The first-order valence-corrected chi connectivity index (χ1v) is 7.04. The molecular formula is C13H21N3O2. The Morgan fingerprint density at radius 2 is 2.11 bits per heavy atom. The maximum absolute atomic E-state index is 9.46. The highest BCUT2D eigenvalue weighted by molar-refractivity contribution is 5.03.